The minimum absolute atomic E-state index is 0.428. The second-order valence-corrected chi connectivity index (χ2v) is 3.19. The van der Waals surface area contributed by atoms with Gasteiger partial charge in [-0.1, -0.05) is 6.07 Å². The van der Waals surface area contributed by atoms with Crippen LogP contribution < -0.4 is 10.6 Å². The molecule has 0 aliphatic carbocycles. The molecule has 0 amide bonds. The average Bonchev–Trinajstić information content (AvgIpc) is 2.34. The quantitative estimate of drug-likeness (QED) is 0.658. The molecule has 86 valence electrons. The molecular formula is C11H16N4O. The number of pyridine rings is 1. The number of ether oxygens (including phenoxy) is 1. The van der Waals surface area contributed by atoms with E-state index in [1.54, 1.807) is 13.2 Å². The van der Waals surface area contributed by atoms with E-state index in [0.29, 0.717) is 12.3 Å². The van der Waals surface area contributed by atoms with E-state index in [0.717, 1.165) is 25.5 Å². The van der Waals surface area contributed by atoms with Crippen molar-refractivity contribution >= 4 is 5.82 Å². The van der Waals surface area contributed by atoms with E-state index >= 15 is 0 Å². The van der Waals surface area contributed by atoms with Crippen molar-refractivity contribution in [2.24, 2.45) is 0 Å². The average molecular weight is 220 g/mol. The highest BCUT2D eigenvalue weighted by molar-refractivity contribution is 5.38. The third-order valence-corrected chi connectivity index (χ3v) is 1.95. The van der Waals surface area contributed by atoms with E-state index in [1.165, 1.54) is 0 Å². The number of anilines is 1. The van der Waals surface area contributed by atoms with Gasteiger partial charge >= 0.3 is 0 Å². The minimum atomic E-state index is 0.428. The van der Waals surface area contributed by atoms with Gasteiger partial charge in [-0.3, -0.25) is 0 Å². The molecule has 0 aromatic carbocycles. The Morgan fingerprint density at radius 1 is 1.38 bits per heavy atom. The van der Waals surface area contributed by atoms with Crippen LogP contribution in [0.1, 0.15) is 5.69 Å². The molecule has 0 atom stereocenters. The lowest BCUT2D eigenvalue weighted by molar-refractivity contribution is 0.200. The summed E-state index contributed by atoms with van der Waals surface area (Å²) in [5.74, 6) is 0.729. The maximum absolute atomic E-state index is 8.66. The van der Waals surface area contributed by atoms with Crippen LogP contribution in [0.5, 0.6) is 0 Å². The predicted octanol–water partition coefficient (Wildman–Crippen LogP) is 0.601. The number of rotatable bonds is 7. The maximum atomic E-state index is 8.66. The molecule has 0 saturated carbocycles. The van der Waals surface area contributed by atoms with Gasteiger partial charge in [0.2, 0.25) is 0 Å². The topological polar surface area (TPSA) is 70.0 Å². The number of hydrogen-bond acceptors (Lipinski definition) is 5. The summed E-state index contributed by atoms with van der Waals surface area (Å²) in [6.45, 7) is 3.15. The minimum Gasteiger partial charge on any atom is -0.383 e. The molecule has 1 rings (SSSR count). The van der Waals surface area contributed by atoms with E-state index in [-0.39, 0.29) is 0 Å². The van der Waals surface area contributed by atoms with Crippen molar-refractivity contribution in [3.05, 3.63) is 23.9 Å². The van der Waals surface area contributed by atoms with Crippen molar-refractivity contribution in [2.45, 2.75) is 0 Å². The van der Waals surface area contributed by atoms with Crippen LogP contribution in [0, 0.1) is 11.3 Å². The van der Waals surface area contributed by atoms with Crippen LogP contribution in [0.15, 0.2) is 18.2 Å². The van der Waals surface area contributed by atoms with E-state index in [4.69, 9.17) is 10.00 Å². The standard InChI is InChI=1S/C11H16N4O/c1-16-8-7-13-5-6-14-11-4-2-3-10(9-12)15-11/h2-4,13H,5-8H2,1H3,(H,14,15). The van der Waals surface area contributed by atoms with Gasteiger partial charge in [0.05, 0.1) is 6.61 Å². The summed E-state index contributed by atoms with van der Waals surface area (Å²) in [5, 5.41) is 15.0. The Bertz CT molecular complexity index is 348. The summed E-state index contributed by atoms with van der Waals surface area (Å²) in [4.78, 5) is 4.10. The van der Waals surface area contributed by atoms with Gasteiger partial charge in [-0.25, -0.2) is 4.98 Å². The molecule has 0 bridgehead atoms. The molecule has 0 saturated heterocycles. The molecule has 16 heavy (non-hydrogen) atoms. The second kappa shape index (κ2) is 7.63. The van der Waals surface area contributed by atoms with Gasteiger partial charge in [0, 0.05) is 26.7 Å². The van der Waals surface area contributed by atoms with Crippen molar-refractivity contribution in [3.8, 4) is 6.07 Å². The highest BCUT2D eigenvalue weighted by Crippen LogP contribution is 2.02. The smallest absolute Gasteiger partial charge is 0.142 e. The number of hydrogen-bond donors (Lipinski definition) is 2. The molecule has 2 N–H and O–H groups in total. The van der Waals surface area contributed by atoms with E-state index in [1.807, 2.05) is 18.2 Å². The first-order valence-electron chi connectivity index (χ1n) is 5.17. The molecule has 5 heteroatoms. The van der Waals surface area contributed by atoms with Crippen LogP contribution in [-0.2, 0) is 4.74 Å². The number of nitrogens with zero attached hydrogens (tertiary/aromatic N) is 2. The van der Waals surface area contributed by atoms with Gasteiger partial charge in [0.1, 0.15) is 17.6 Å². The van der Waals surface area contributed by atoms with Crippen molar-refractivity contribution in [1.29, 1.82) is 5.26 Å². The van der Waals surface area contributed by atoms with Gasteiger partial charge in [0.15, 0.2) is 0 Å². The molecule has 5 nitrogen and oxygen atoms in total. The Hall–Kier alpha value is -1.64. The van der Waals surface area contributed by atoms with Crippen LogP contribution in [0.4, 0.5) is 5.82 Å². The summed E-state index contributed by atoms with van der Waals surface area (Å²) in [7, 11) is 1.68. The number of methoxy groups -OCH3 is 1. The monoisotopic (exact) mass is 220 g/mol. The Labute approximate surface area is 95.4 Å². The molecule has 1 aromatic rings. The first kappa shape index (κ1) is 12.4. The molecule has 0 unspecified atom stereocenters. The largest absolute Gasteiger partial charge is 0.383 e. The van der Waals surface area contributed by atoms with Crippen molar-refractivity contribution < 1.29 is 4.74 Å². The summed E-state index contributed by atoms with van der Waals surface area (Å²) in [6.07, 6.45) is 0. The third kappa shape index (κ3) is 4.73. The molecule has 0 fully saturated rings. The van der Waals surface area contributed by atoms with Crippen molar-refractivity contribution in [3.63, 3.8) is 0 Å². The molecule has 0 aliphatic heterocycles. The summed E-state index contributed by atoms with van der Waals surface area (Å²) in [5.41, 5.74) is 0.428. The Morgan fingerprint density at radius 3 is 3.00 bits per heavy atom. The Kier molecular flexibility index (Phi) is 5.92. The van der Waals surface area contributed by atoms with E-state index in [9.17, 15) is 0 Å². The fourth-order valence-electron chi connectivity index (χ4n) is 1.17. The maximum Gasteiger partial charge on any atom is 0.142 e. The van der Waals surface area contributed by atoms with Gasteiger partial charge < -0.3 is 15.4 Å². The van der Waals surface area contributed by atoms with Crippen LogP contribution in [0.2, 0.25) is 0 Å². The van der Waals surface area contributed by atoms with Crippen molar-refractivity contribution in [2.75, 3.05) is 38.7 Å². The zero-order valence-electron chi connectivity index (χ0n) is 9.36. The summed E-state index contributed by atoms with van der Waals surface area (Å²) >= 11 is 0. The lowest BCUT2D eigenvalue weighted by Gasteiger charge is -2.06. The number of aromatic nitrogens is 1. The van der Waals surface area contributed by atoms with Crippen LogP contribution in [-0.4, -0.2) is 38.3 Å². The molecular weight excluding hydrogens is 204 g/mol. The highest BCUT2D eigenvalue weighted by atomic mass is 16.5. The molecule has 1 heterocycles. The molecule has 0 aliphatic rings. The predicted molar refractivity (Wildman–Crippen MR) is 62.2 cm³/mol. The molecule has 1 aromatic heterocycles. The lowest BCUT2D eigenvalue weighted by Crippen LogP contribution is -2.25. The lowest BCUT2D eigenvalue weighted by atomic mass is 10.3. The van der Waals surface area contributed by atoms with E-state index in [2.05, 4.69) is 15.6 Å². The second-order valence-electron chi connectivity index (χ2n) is 3.19. The van der Waals surface area contributed by atoms with Gasteiger partial charge in [-0.05, 0) is 12.1 Å². The Morgan fingerprint density at radius 2 is 2.25 bits per heavy atom. The van der Waals surface area contributed by atoms with Crippen LogP contribution in [0.3, 0.4) is 0 Å². The fraction of sp³-hybridized carbons (Fsp3) is 0.455. The zero-order chi connectivity index (χ0) is 11.6. The fourth-order valence-corrected chi connectivity index (χ4v) is 1.17. The number of nitrogens with one attached hydrogen (secondary N) is 2. The van der Waals surface area contributed by atoms with Crippen molar-refractivity contribution in [1.82, 2.24) is 10.3 Å². The normalized spacial score (nSPS) is 9.75. The van der Waals surface area contributed by atoms with Crippen LogP contribution >= 0.6 is 0 Å². The van der Waals surface area contributed by atoms with Gasteiger partial charge in [-0.2, -0.15) is 5.26 Å². The zero-order valence-corrected chi connectivity index (χ0v) is 9.36. The summed E-state index contributed by atoms with van der Waals surface area (Å²) in [6, 6.07) is 7.34. The third-order valence-electron chi connectivity index (χ3n) is 1.95. The summed E-state index contributed by atoms with van der Waals surface area (Å²) < 4.78 is 4.91. The molecule has 0 radical (unpaired) electrons. The first-order valence-corrected chi connectivity index (χ1v) is 5.17. The van der Waals surface area contributed by atoms with Crippen LogP contribution in [0.25, 0.3) is 0 Å². The number of nitriles is 1. The molecule has 0 spiro atoms. The SMILES string of the molecule is COCCNCCNc1cccc(C#N)n1. The highest BCUT2D eigenvalue weighted by Gasteiger charge is 1.95. The Balaban J connectivity index is 2.19. The van der Waals surface area contributed by atoms with Gasteiger partial charge in [-0.15, -0.1) is 0 Å². The van der Waals surface area contributed by atoms with E-state index < -0.39 is 0 Å². The van der Waals surface area contributed by atoms with Gasteiger partial charge in [0.25, 0.3) is 0 Å². The first-order chi connectivity index (χ1) is 7.86.